The van der Waals surface area contributed by atoms with Crippen LogP contribution in [0.15, 0.2) is 54.7 Å². The highest BCUT2D eigenvalue weighted by Gasteiger charge is 2.32. The maximum atomic E-state index is 12.3. The summed E-state index contributed by atoms with van der Waals surface area (Å²) in [5.41, 5.74) is 5.56. The van der Waals surface area contributed by atoms with E-state index in [1.807, 2.05) is 47.4 Å². The Morgan fingerprint density at radius 2 is 2.04 bits per heavy atom. The van der Waals surface area contributed by atoms with Gasteiger partial charge in [0.2, 0.25) is 5.91 Å². The fourth-order valence-corrected chi connectivity index (χ4v) is 3.90. The summed E-state index contributed by atoms with van der Waals surface area (Å²) in [7, 11) is 0. The molecule has 6 nitrogen and oxygen atoms in total. The van der Waals surface area contributed by atoms with Gasteiger partial charge in [-0.1, -0.05) is 18.2 Å². The van der Waals surface area contributed by atoms with Crippen LogP contribution >= 0.6 is 0 Å². The molecule has 0 radical (unpaired) electrons. The van der Waals surface area contributed by atoms with Crippen molar-refractivity contribution in [2.24, 2.45) is 0 Å². The predicted molar refractivity (Wildman–Crippen MR) is 110 cm³/mol. The van der Waals surface area contributed by atoms with Crippen molar-refractivity contribution < 1.29 is 4.79 Å². The first-order chi connectivity index (χ1) is 13.6. The molecule has 6 heteroatoms. The summed E-state index contributed by atoms with van der Waals surface area (Å²) in [5.74, 6) is 0.0444. The van der Waals surface area contributed by atoms with Gasteiger partial charge in [0.25, 0.3) is 0 Å². The molecule has 0 saturated heterocycles. The standard InChI is InChI=1S/C22H21N5O/c1-14-12-21(25-18-7-5-17(23-3)6-8-18)19-13-16(20-10-11-24-26-20)4-9-22(19)27(14)15(2)28/h4-11,13-14,21,25H,12H2,1-2H3,(H,24,26)/t14-,21+/m0/s1. The lowest BCUT2D eigenvalue weighted by molar-refractivity contribution is -0.117. The summed E-state index contributed by atoms with van der Waals surface area (Å²) in [6.07, 6.45) is 2.52. The van der Waals surface area contributed by atoms with E-state index in [2.05, 4.69) is 33.3 Å². The van der Waals surface area contributed by atoms with Gasteiger partial charge in [0.05, 0.1) is 18.3 Å². The van der Waals surface area contributed by atoms with Crippen molar-refractivity contribution in [1.29, 1.82) is 0 Å². The number of carbonyl (C=O) groups excluding carboxylic acids is 1. The van der Waals surface area contributed by atoms with Crippen LogP contribution in [0.25, 0.3) is 16.1 Å². The van der Waals surface area contributed by atoms with Crippen LogP contribution in [0.4, 0.5) is 17.1 Å². The molecular formula is C22H21N5O. The SMILES string of the molecule is [C-]#[N+]c1ccc(N[C@@H]2C[C@H](C)N(C(C)=O)c3ccc(-c4ccn[nH]4)cc32)cc1. The number of nitrogens with one attached hydrogen (secondary N) is 2. The molecular weight excluding hydrogens is 350 g/mol. The van der Waals surface area contributed by atoms with Crippen molar-refractivity contribution in [1.82, 2.24) is 10.2 Å². The molecule has 0 fully saturated rings. The van der Waals surface area contributed by atoms with E-state index in [1.54, 1.807) is 13.1 Å². The molecule has 0 unspecified atom stereocenters. The molecule has 0 saturated carbocycles. The van der Waals surface area contributed by atoms with Crippen LogP contribution in [0, 0.1) is 6.57 Å². The van der Waals surface area contributed by atoms with E-state index >= 15 is 0 Å². The second-order valence-electron chi connectivity index (χ2n) is 7.07. The summed E-state index contributed by atoms with van der Waals surface area (Å²) >= 11 is 0. The Morgan fingerprint density at radius 3 is 2.68 bits per heavy atom. The van der Waals surface area contributed by atoms with E-state index in [9.17, 15) is 4.79 Å². The van der Waals surface area contributed by atoms with Gasteiger partial charge in [-0.25, -0.2) is 4.85 Å². The third-order valence-corrected chi connectivity index (χ3v) is 5.17. The van der Waals surface area contributed by atoms with Crippen LogP contribution < -0.4 is 10.2 Å². The minimum Gasteiger partial charge on any atom is -0.378 e. The van der Waals surface area contributed by atoms with Gasteiger partial charge < -0.3 is 10.2 Å². The zero-order valence-electron chi connectivity index (χ0n) is 15.8. The smallest absolute Gasteiger partial charge is 0.224 e. The monoisotopic (exact) mass is 371 g/mol. The zero-order chi connectivity index (χ0) is 19.7. The quantitative estimate of drug-likeness (QED) is 0.642. The molecule has 3 aromatic rings. The van der Waals surface area contributed by atoms with Gasteiger partial charge in [-0.2, -0.15) is 5.10 Å². The summed E-state index contributed by atoms with van der Waals surface area (Å²) in [6.45, 7) is 10.8. The molecule has 2 aromatic carbocycles. The van der Waals surface area contributed by atoms with E-state index in [1.165, 1.54) is 0 Å². The highest BCUT2D eigenvalue weighted by atomic mass is 16.2. The Bertz CT molecular complexity index is 1030. The molecule has 2 atom stereocenters. The number of hydrogen-bond donors (Lipinski definition) is 2. The molecule has 1 aromatic heterocycles. The van der Waals surface area contributed by atoms with E-state index in [-0.39, 0.29) is 18.0 Å². The van der Waals surface area contributed by atoms with Crippen molar-refractivity contribution in [2.75, 3.05) is 10.2 Å². The minimum absolute atomic E-state index is 0.0444. The van der Waals surface area contributed by atoms with Gasteiger partial charge in [0.1, 0.15) is 0 Å². The fraction of sp³-hybridized carbons (Fsp3) is 0.227. The number of H-pyrrole nitrogens is 1. The number of amides is 1. The molecule has 1 amide bonds. The lowest BCUT2D eigenvalue weighted by Gasteiger charge is -2.39. The van der Waals surface area contributed by atoms with E-state index < -0.39 is 0 Å². The number of hydrogen-bond acceptors (Lipinski definition) is 3. The number of carbonyl (C=O) groups is 1. The number of benzene rings is 2. The molecule has 140 valence electrons. The Labute approximate surface area is 164 Å². The fourth-order valence-electron chi connectivity index (χ4n) is 3.90. The second kappa shape index (κ2) is 7.20. The Hall–Kier alpha value is -3.59. The molecule has 2 N–H and O–H groups in total. The molecule has 0 spiro atoms. The van der Waals surface area contributed by atoms with Crippen molar-refractivity contribution in [2.45, 2.75) is 32.4 Å². The Kier molecular flexibility index (Phi) is 4.58. The lowest BCUT2D eigenvalue weighted by Crippen LogP contribution is -2.43. The zero-order valence-corrected chi connectivity index (χ0v) is 15.8. The van der Waals surface area contributed by atoms with Gasteiger partial charge in [-0.3, -0.25) is 9.89 Å². The summed E-state index contributed by atoms with van der Waals surface area (Å²) in [5, 5.41) is 10.6. The van der Waals surface area contributed by atoms with Crippen LogP contribution in [0.3, 0.4) is 0 Å². The first-order valence-electron chi connectivity index (χ1n) is 9.24. The third kappa shape index (κ3) is 3.23. The third-order valence-electron chi connectivity index (χ3n) is 5.17. The normalized spacial score (nSPS) is 18.2. The number of nitrogens with zero attached hydrogens (tertiary/aromatic N) is 3. The highest BCUT2D eigenvalue weighted by Crippen LogP contribution is 2.41. The summed E-state index contributed by atoms with van der Waals surface area (Å²) in [6, 6.07) is 15.7. The number of aromatic nitrogens is 2. The van der Waals surface area contributed by atoms with Crippen LogP contribution in [0.2, 0.25) is 0 Å². The molecule has 2 heterocycles. The lowest BCUT2D eigenvalue weighted by atomic mass is 9.89. The number of anilines is 2. The topological polar surface area (TPSA) is 65.4 Å². The van der Waals surface area contributed by atoms with Crippen molar-refractivity contribution in [3.05, 3.63) is 71.7 Å². The van der Waals surface area contributed by atoms with Crippen LogP contribution in [0.1, 0.15) is 31.9 Å². The van der Waals surface area contributed by atoms with Crippen molar-refractivity contribution >= 4 is 23.0 Å². The first kappa shape index (κ1) is 17.8. The van der Waals surface area contributed by atoms with Crippen LogP contribution in [-0.4, -0.2) is 22.1 Å². The Morgan fingerprint density at radius 1 is 1.25 bits per heavy atom. The summed E-state index contributed by atoms with van der Waals surface area (Å²) in [4.78, 5) is 17.6. The molecule has 28 heavy (non-hydrogen) atoms. The van der Waals surface area contributed by atoms with Crippen molar-refractivity contribution in [3.63, 3.8) is 0 Å². The average Bonchev–Trinajstić information content (AvgIpc) is 3.23. The highest BCUT2D eigenvalue weighted by molar-refractivity contribution is 5.94. The van der Waals surface area contributed by atoms with Gasteiger partial charge in [-0.15, -0.1) is 0 Å². The maximum absolute atomic E-state index is 12.3. The van der Waals surface area contributed by atoms with Gasteiger partial charge in [-0.05, 0) is 49.2 Å². The number of rotatable bonds is 3. The van der Waals surface area contributed by atoms with Gasteiger partial charge in [0, 0.05) is 36.1 Å². The average molecular weight is 371 g/mol. The Balaban J connectivity index is 1.75. The van der Waals surface area contributed by atoms with E-state index in [0.717, 1.165) is 34.6 Å². The molecule has 0 bridgehead atoms. The molecule has 1 aliphatic heterocycles. The molecule has 4 rings (SSSR count). The van der Waals surface area contributed by atoms with Crippen molar-refractivity contribution in [3.8, 4) is 11.3 Å². The van der Waals surface area contributed by atoms with Gasteiger partial charge in [0.15, 0.2) is 5.69 Å². The molecule has 0 aliphatic carbocycles. The predicted octanol–water partition coefficient (Wildman–Crippen LogP) is 4.93. The van der Waals surface area contributed by atoms with Crippen LogP contribution in [0.5, 0.6) is 0 Å². The van der Waals surface area contributed by atoms with Crippen LogP contribution in [-0.2, 0) is 4.79 Å². The van der Waals surface area contributed by atoms with Gasteiger partial charge >= 0.3 is 0 Å². The minimum atomic E-state index is 0.0444. The molecule has 1 aliphatic rings. The van der Waals surface area contributed by atoms with E-state index in [4.69, 9.17) is 6.57 Å². The summed E-state index contributed by atoms with van der Waals surface area (Å²) < 4.78 is 0. The second-order valence-corrected chi connectivity index (χ2v) is 7.07. The maximum Gasteiger partial charge on any atom is 0.224 e. The largest absolute Gasteiger partial charge is 0.378 e. The number of fused-ring (bicyclic) bond motifs is 1. The number of aromatic amines is 1. The van der Waals surface area contributed by atoms with E-state index in [0.29, 0.717) is 5.69 Å². The first-order valence-corrected chi connectivity index (χ1v) is 9.24.